The van der Waals surface area contributed by atoms with Crippen LogP contribution in [0.1, 0.15) is 44.9 Å². The Kier molecular flexibility index (Phi) is 5.96. The molecule has 30 heavy (non-hydrogen) atoms. The number of benzene rings is 1. The van der Waals surface area contributed by atoms with Gasteiger partial charge in [0, 0.05) is 25.7 Å². The van der Waals surface area contributed by atoms with E-state index in [1.165, 1.54) is 22.9 Å². The SMILES string of the molecule is CN(C(=O)[C@@H]1CCCN1S(=O)(=O)c1cc2c(cc1Cl)NC(=O)CO2)C1CCCCC1. The minimum atomic E-state index is -4.01. The molecular weight excluding hydrogens is 430 g/mol. The van der Waals surface area contributed by atoms with Crippen molar-refractivity contribution in [2.24, 2.45) is 0 Å². The Morgan fingerprint density at radius 2 is 1.93 bits per heavy atom. The van der Waals surface area contributed by atoms with Gasteiger partial charge in [-0.05, 0) is 31.7 Å². The third kappa shape index (κ3) is 3.90. The van der Waals surface area contributed by atoms with E-state index in [0.29, 0.717) is 18.5 Å². The summed E-state index contributed by atoms with van der Waals surface area (Å²) in [6.07, 6.45) is 6.39. The maximum absolute atomic E-state index is 13.4. The molecule has 1 aromatic carbocycles. The molecule has 0 bridgehead atoms. The van der Waals surface area contributed by atoms with Crippen molar-refractivity contribution in [1.29, 1.82) is 0 Å². The highest BCUT2D eigenvalue weighted by Gasteiger charge is 2.42. The molecule has 2 fully saturated rings. The van der Waals surface area contributed by atoms with Gasteiger partial charge in [-0.2, -0.15) is 4.31 Å². The number of hydrogen-bond donors (Lipinski definition) is 1. The highest BCUT2D eigenvalue weighted by molar-refractivity contribution is 7.89. The molecule has 2 heterocycles. The zero-order valence-electron chi connectivity index (χ0n) is 16.9. The molecule has 0 unspecified atom stereocenters. The average Bonchev–Trinajstić information content (AvgIpc) is 3.23. The summed E-state index contributed by atoms with van der Waals surface area (Å²) in [6.45, 7) is 0.0768. The van der Waals surface area contributed by atoms with Gasteiger partial charge in [-0.1, -0.05) is 30.9 Å². The van der Waals surface area contributed by atoms with Crippen LogP contribution in [0, 0.1) is 0 Å². The number of nitrogens with one attached hydrogen (secondary N) is 1. The molecule has 4 rings (SSSR count). The first-order valence-corrected chi connectivity index (χ1v) is 12.2. The van der Waals surface area contributed by atoms with Gasteiger partial charge in [0.15, 0.2) is 6.61 Å². The first-order chi connectivity index (χ1) is 14.3. The molecule has 0 aromatic heterocycles. The summed E-state index contributed by atoms with van der Waals surface area (Å²) < 4.78 is 33.5. The lowest BCUT2D eigenvalue weighted by atomic mass is 9.94. The Hall–Kier alpha value is -1.84. The van der Waals surface area contributed by atoms with E-state index < -0.39 is 16.1 Å². The summed E-state index contributed by atoms with van der Waals surface area (Å²) in [5, 5.41) is 2.59. The van der Waals surface area contributed by atoms with E-state index in [9.17, 15) is 18.0 Å². The average molecular weight is 456 g/mol. The molecule has 2 aliphatic heterocycles. The van der Waals surface area contributed by atoms with E-state index in [2.05, 4.69) is 5.32 Å². The van der Waals surface area contributed by atoms with Gasteiger partial charge >= 0.3 is 0 Å². The van der Waals surface area contributed by atoms with Gasteiger partial charge in [0.1, 0.15) is 16.7 Å². The lowest BCUT2D eigenvalue weighted by Crippen LogP contribution is -2.49. The van der Waals surface area contributed by atoms with E-state index >= 15 is 0 Å². The quantitative estimate of drug-likeness (QED) is 0.752. The molecule has 10 heteroatoms. The van der Waals surface area contributed by atoms with E-state index in [4.69, 9.17) is 16.3 Å². The molecule has 0 radical (unpaired) electrons. The van der Waals surface area contributed by atoms with E-state index in [0.717, 1.165) is 25.7 Å². The number of carbonyl (C=O) groups excluding carboxylic acids is 2. The maximum Gasteiger partial charge on any atom is 0.262 e. The molecular formula is C20H26ClN3O5S. The van der Waals surface area contributed by atoms with Gasteiger partial charge in [0.25, 0.3) is 5.91 Å². The first-order valence-electron chi connectivity index (χ1n) is 10.3. The molecule has 0 spiro atoms. The lowest BCUT2D eigenvalue weighted by Gasteiger charge is -2.35. The van der Waals surface area contributed by atoms with E-state index in [1.807, 2.05) is 0 Å². The second-order valence-electron chi connectivity index (χ2n) is 8.13. The van der Waals surface area contributed by atoms with Crippen molar-refractivity contribution >= 4 is 39.1 Å². The van der Waals surface area contributed by atoms with Crippen LogP contribution in [0.3, 0.4) is 0 Å². The highest BCUT2D eigenvalue weighted by Crippen LogP contribution is 2.38. The largest absolute Gasteiger partial charge is 0.482 e. The Morgan fingerprint density at radius 1 is 1.20 bits per heavy atom. The smallest absolute Gasteiger partial charge is 0.262 e. The normalized spacial score (nSPS) is 22.9. The number of amides is 2. The fourth-order valence-corrected chi connectivity index (χ4v) is 6.73. The summed E-state index contributed by atoms with van der Waals surface area (Å²) in [5.41, 5.74) is 0.335. The Labute approximate surface area is 181 Å². The van der Waals surface area contributed by atoms with Crippen molar-refractivity contribution in [3.63, 3.8) is 0 Å². The van der Waals surface area contributed by atoms with Crippen molar-refractivity contribution in [3.8, 4) is 5.75 Å². The van der Waals surface area contributed by atoms with Crippen LogP contribution in [0.15, 0.2) is 17.0 Å². The number of halogens is 1. The third-order valence-electron chi connectivity index (χ3n) is 6.21. The molecule has 1 N–H and O–H groups in total. The topological polar surface area (TPSA) is 96.0 Å². The number of rotatable bonds is 4. The summed E-state index contributed by atoms with van der Waals surface area (Å²) in [6, 6.07) is 2.15. The number of fused-ring (bicyclic) bond motifs is 1. The standard InChI is InChI=1S/C20H26ClN3O5S/c1-23(13-6-3-2-4-7-13)20(26)16-8-5-9-24(16)30(27,28)18-11-17-15(10-14(18)21)22-19(25)12-29-17/h10-11,13,16H,2-9,12H2,1H3,(H,22,25)/t16-/m0/s1. The van der Waals surface area contributed by atoms with Gasteiger partial charge in [0.2, 0.25) is 15.9 Å². The van der Waals surface area contributed by atoms with Crippen LogP contribution in [-0.4, -0.2) is 61.7 Å². The van der Waals surface area contributed by atoms with Crippen LogP contribution < -0.4 is 10.1 Å². The van der Waals surface area contributed by atoms with Crippen LogP contribution in [0.25, 0.3) is 0 Å². The monoisotopic (exact) mass is 455 g/mol. The minimum absolute atomic E-state index is 0.0155. The Balaban J connectivity index is 1.60. The van der Waals surface area contributed by atoms with Gasteiger partial charge in [-0.15, -0.1) is 0 Å². The van der Waals surface area contributed by atoms with Gasteiger partial charge in [-0.25, -0.2) is 8.42 Å². The number of nitrogens with zero attached hydrogens (tertiary/aromatic N) is 2. The van der Waals surface area contributed by atoms with Gasteiger partial charge < -0.3 is 15.0 Å². The first kappa shape index (κ1) is 21.4. The van der Waals surface area contributed by atoms with Crippen molar-refractivity contribution in [2.45, 2.75) is 61.9 Å². The number of ether oxygens (including phenoxy) is 1. The number of hydrogen-bond acceptors (Lipinski definition) is 5. The maximum atomic E-state index is 13.4. The highest BCUT2D eigenvalue weighted by atomic mass is 35.5. The second kappa shape index (κ2) is 8.36. The molecule has 1 saturated heterocycles. The van der Waals surface area contributed by atoms with Crippen LogP contribution in [-0.2, 0) is 19.6 Å². The van der Waals surface area contributed by atoms with Crippen molar-refractivity contribution < 1.29 is 22.7 Å². The molecule has 1 saturated carbocycles. The van der Waals surface area contributed by atoms with Crippen LogP contribution >= 0.6 is 11.6 Å². The number of likely N-dealkylation sites (N-methyl/N-ethyl adjacent to an activating group) is 1. The minimum Gasteiger partial charge on any atom is -0.482 e. The number of carbonyl (C=O) groups is 2. The lowest BCUT2D eigenvalue weighted by molar-refractivity contribution is -0.136. The fraction of sp³-hybridized carbons (Fsp3) is 0.600. The van der Waals surface area contributed by atoms with E-state index in [-0.39, 0.29) is 46.7 Å². The van der Waals surface area contributed by atoms with Gasteiger partial charge in [-0.3, -0.25) is 9.59 Å². The summed E-state index contributed by atoms with van der Waals surface area (Å²) in [7, 11) is -2.23. The molecule has 164 valence electrons. The Morgan fingerprint density at radius 3 is 2.67 bits per heavy atom. The molecule has 1 atom stereocenters. The molecule has 3 aliphatic rings. The number of anilines is 1. The van der Waals surface area contributed by atoms with Crippen LogP contribution in [0.4, 0.5) is 5.69 Å². The van der Waals surface area contributed by atoms with Crippen molar-refractivity contribution in [2.75, 3.05) is 25.5 Å². The Bertz CT molecular complexity index is 961. The fourth-order valence-electron chi connectivity index (χ4n) is 4.56. The number of sulfonamides is 1. The van der Waals surface area contributed by atoms with E-state index in [1.54, 1.807) is 11.9 Å². The third-order valence-corrected chi connectivity index (χ3v) is 8.59. The molecule has 8 nitrogen and oxygen atoms in total. The van der Waals surface area contributed by atoms with Gasteiger partial charge in [0.05, 0.1) is 10.7 Å². The zero-order valence-corrected chi connectivity index (χ0v) is 18.5. The summed E-state index contributed by atoms with van der Waals surface area (Å²) in [5.74, 6) is -0.232. The predicted molar refractivity (Wildman–Crippen MR) is 112 cm³/mol. The van der Waals surface area contributed by atoms with Crippen molar-refractivity contribution in [3.05, 3.63) is 17.2 Å². The zero-order chi connectivity index (χ0) is 21.5. The van der Waals surface area contributed by atoms with Crippen LogP contribution in [0.5, 0.6) is 5.75 Å². The van der Waals surface area contributed by atoms with Crippen LogP contribution in [0.2, 0.25) is 5.02 Å². The van der Waals surface area contributed by atoms with Crippen molar-refractivity contribution in [1.82, 2.24) is 9.21 Å². The second-order valence-corrected chi connectivity index (χ2v) is 10.4. The summed E-state index contributed by atoms with van der Waals surface area (Å²) in [4.78, 5) is 26.3. The molecule has 1 aliphatic carbocycles. The molecule has 2 amide bonds. The summed E-state index contributed by atoms with van der Waals surface area (Å²) >= 11 is 6.28. The predicted octanol–water partition coefficient (Wildman–Crippen LogP) is 2.62. The molecule has 1 aromatic rings.